The Labute approximate surface area is 166 Å². The summed E-state index contributed by atoms with van der Waals surface area (Å²) in [6.07, 6.45) is 0.276. The maximum atomic E-state index is 13.3. The van der Waals surface area contributed by atoms with Crippen molar-refractivity contribution in [1.29, 1.82) is 0 Å². The molecule has 0 spiro atoms. The summed E-state index contributed by atoms with van der Waals surface area (Å²) in [5.74, 6) is -2.81. The molecule has 2 rings (SSSR count). The van der Waals surface area contributed by atoms with Crippen molar-refractivity contribution < 1.29 is 23.9 Å². The molecule has 8 heteroatoms. The fraction of sp³-hybridized carbons (Fsp3) is 0.250. The number of rotatable bonds is 7. The van der Waals surface area contributed by atoms with E-state index < -0.39 is 29.6 Å². The third-order valence-corrected chi connectivity index (χ3v) is 4.20. The van der Waals surface area contributed by atoms with Crippen molar-refractivity contribution in [3.8, 4) is 0 Å². The van der Waals surface area contributed by atoms with E-state index in [2.05, 4.69) is 10.6 Å². The third-order valence-electron chi connectivity index (χ3n) is 3.87. The number of halogens is 2. The van der Waals surface area contributed by atoms with Gasteiger partial charge in [0.05, 0.1) is 10.7 Å². The van der Waals surface area contributed by atoms with Crippen LogP contribution in [0.25, 0.3) is 0 Å². The Morgan fingerprint density at radius 3 is 2.36 bits per heavy atom. The lowest BCUT2D eigenvalue weighted by Crippen LogP contribution is -2.41. The van der Waals surface area contributed by atoms with Crippen LogP contribution in [0, 0.1) is 11.7 Å². The Balaban J connectivity index is 2.18. The van der Waals surface area contributed by atoms with Crippen LogP contribution in [-0.4, -0.2) is 28.9 Å². The molecule has 148 valence electrons. The van der Waals surface area contributed by atoms with Gasteiger partial charge in [-0.05, 0) is 48.7 Å². The minimum Gasteiger partial charge on any atom is -0.480 e. The van der Waals surface area contributed by atoms with E-state index in [0.29, 0.717) is 0 Å². The van der Waals surface area contributed by atoms with Crippen molar-refractivity contribution in [2.24, 2.45) is 5.92 Å². The van der Waals surface area contributed by atoms with Crippen LogP contribution in [0.2, 0.25) is 5.02 Å². The van der Waals surface area contributed by atoms with E-state index in [1.165, 1.54) is 36.4 Å². The van der Waals surface area contributed by atoms with Gasteiger partial charge in [0, 0.05) is 11.1 Å². The lowest BCUT2D eigenvalue weighted by Gasteiger charge is -2.17. The van der Waals surface area contributed by atoms with Crippen LogP contribution < -0.4 is 10.6 Å². The first-order chi connectivity index (χ1) is 13.2. The van der Waals surface area contributed by atoms with Gasteiger partial charge in [0.2, 0.25) is 0 Å². The minimum absolute atomic E-state index is 0.0766. The Bertz CT molecular complexity index is 902. The highest BCUT2D eigenvalue weighted by atomic mass is 35.5. The Hall–Kier alpha value is -2.93. The van der Waals surface area contributed by atoms with Gasteiger partial charge in [0.1, 0.15) is 11.9 Å². The van der Waals surface area contributed by atoms with Crippen molar-refractivity contribution in [3.05, 3.63) is 64.4 Å². The molecule has 0 aliphatic carbocycles. The molecule has 0 saturated heterocycles. The summed E-state index contributed by atoms with van der Waals surface area (Å²) in [4.78, 5) is 36.0. The highest BCUT2D eigenvalue weighted by Gasteiger charge is 2.22. The van der Waals surface area contributed by atoms with Crippen molar-refractivity contribution in [1.82, 2.24) is 5.32 Å². The predicted molar refractivity (Wildman–Crippen MR) is 104 cm³/mol. The highest BCUT2D eigenvalue weighted by Crippen LogP contribution is 2.24. The SMILES string of the molecule is CC(C)CC(NC(=O)c1ccc(Cl)c(NC(=O)c2cccc(F)c2)c1)C(=O)O. The van der Waals surface area contributed by atoms with Crippen molar-refractivity contribution in [2.75, 3.05) is 5.32 Å². The highest BCUT2D eigenvalue weighted by molar-refractivity contribution is 6.34. The van der Waals surface area contributed by atoms with E-state index in [1.807, 2.05) is 13.8 Å². The number of carbonyl (C=O) groups is 3. The van der Waals surface area contributed by atoms with E-state index in [4.69, 9.17) is 11.6 Å². The first-order valence-electron chi connectivity index (χ1n) is 8.57. The quantitative estimate of drug-likeness (QED) is 0.648. The normalized spacial score (nSPS) is 11.8. The van der Waals surface area contributed by atoms with Gasteiger partial charge in [0.25, 0.3) is 11.8 Å². The van der Waals surface area contributed by atoms with Gasteiger partial charge < -0.3 is 15.7 Å². The monoisotopic (exact) mass is 406 g/mol. The standard InChI is InChI=1S/C20H20ClFN2O4/c1-11(2)8-17(20(27)28)24-19(26)13-6-7-15(21)16(10-13)23-18(25)12-4-3-5-14(22)9-12/h3-7,9-11,17H,8H2,1-2H3,(H,23,25)(H,24,26)(H,27,28). The first kappa shape index (κ1) is 21.4. The number of hydrogen-bond acceptors (Lipinski definition) is 3. The average molecular weight is 407 g/mol. The molecule has 0 heterocycles. The molecule has 2 amide bonds. The largest absolute Gasteiger partial charge is 0.480 e. The predicted octanol–water partition coefficient (Wildman–Crippen LogP) is 3.96. The fourth-order valence-corrected chi connectivity index (χ4v) is 2.69. The number of benzene rings is 2. The van der Waals surface area contributed by atoms with E-state index in [1.54, 1.807) is 0 Å². The minimum atomic E-state index is -1.13. The molecule has 28 heavy (non-hydrogen) atoms. The summed E-state index contributed by atoms with van der Waals surface area (Å²) < 4.78 is 13.3. The van der Waals surface area contributed by atoms with E-state index >= 15 is 0 Å². The molecular weight excluding hydrogens is 387 g/mol. The summed E-state index contributed by atoms with van der Waals surface area (Å²) in [7, 11) is 0. The molecule has 0 bridgehead atoms. The number of hydrogen-bond donors (Lipinski definition) is 3. The molecule has 0 aliphatic heterocycles. The molecule has 6 nitrogen and oxygen atoms in total. The average Bonchev–Trinajstić information content (AvgIpc) is 2.62. The molecule has 2 aromatic rings. The first-order valence-corrected chi connectivity index (χ1v) is 8.95. The summed E-state index contributed by atoms with van der Waals surface area (Å²) >= 11 is 6.07. The number of anilines is 1. The van der Waals surface area contributed by atoms with Crippen LogP contribution in [0.4, 0.5) is 10.1 Å². The lowest BCUT2D eigenvalue weighted by molar-refractivity contribution is -0.139. The molecule has 0 aliphatic rings. The van der Waals surface area contributed by atoms with Gasteiger partial charge >= 0.3 is 5.97 Å². The number of nitrogens with one attached hydrogen (secondary N) is 2. The van der Waals surface area contributed by atoms with Gasteiger partial charge in [-0.1, -0.05) is 31.5 Å². The number of aliphatic carboxylic acids is 1. The Morgan fingerprint density at radius 1 is 1.07 bits per heavy atom. The van der Waals surface area contributed by atoms with Crippen LogP contribution in [-0.2, 0) is 4.79 Å². The van der Waals surface area contributed by atoms with Crippen molar-refractivity contribution in [3.63, 3.8) is 0 Å². The molecule has 0 aromatic heterocycles. The molecule has 0 radical (unpaired) electrons. The van der Waals surface area contributed by atoms with Crippen LogP contribution in [0.3, 0.4) is 0 Å². The molecule has 0 fully saturated rings. The van der Waals surface area contributed by atoms with E-state index in [-0.39, 0.29) is 34.2 Å². The lowest BCUT2D eigenvalue weighted by atomic mass is 10.0. The zero-order chi connectivity index (χ0) is 20.8. The van der Waals surface area contributed by atoms with Crippen LogP contribution in [0.5, 0.6) is 0 Å². The van der Waals surface area contributed by atoms with E-state index in [0.717, 1.165) is 6.07 Å². The number of carboxylic acids is 1. The molecular formula is C20H20ClFN2O4. The maximum Gasteiger partial charge on any atom is 0.326 e. The maximum absolute atomic E-state index is 13.3. The van der Waals surface area contributed by atoms with Gasteiger partial charge in [-0.3, -0.25) is 9.59 Å². The Morgan fingerprint density at radius 2 is 1.75 bits per heavy atom. The molecule has 1 atom stereocenters. The summed E-state index contributed by atoms with van der Waals surface area (Å²) in [6, 6.07) is 8.26. The zero-order valence-electron chi connectivity index (χ0n) is 15.3. The third kappa shape index (κ3) is 5.79. The van der Waals surface area contributed by atoms with Crippen LogP contribution in [0.15, 0.2) is 42.5 Å². The van der Waals surface area contributed by atoms with Gasteiger partial charge in [0.15, 0.2) is 0 Å². The fourth-order valence-electron chi connectivity index (χ4n) is 2.52. The second-order valence-corrected chi connectivity index (χ2v) is 7.06. The Kier molecular flexibility index (Phi) is 7.12. The summed E-state index contributed by atoms with van der Waals surface area (Å²) in [6.45, 7) is 3.70. The van der Waals surface area contributed by atoms with Crippen LogP contribution >= 0.6 is 11.6 Å². The van der Waals surface area contributed by atoms with Gasteiger partial charge in [-0.2, -0.15) is 0 Å². The van der Waals surface area contributed by atoms with E-state index in [9.17, 15) is 23.9 Å². The molecule has 3 N–H and O–H groups in total. The summed E-state index contributed by atoms with van der Waals surface area (Å²) in [5.41, 5.74) is 0.377. The molecule has 2 aromatic carbocycles. The number of carbonyl (C=O) groups excluding carboxylic acids is 2. The number of carboxylic acid groups (broad SMARTS) is 1. The number of amides is 2. The van der Waals surface area contributed by atoms with Crippen molar-refractivity contribution >= 4 is 35.1 Å². The second kappa shape index (κ2) is 9.32. The van der Waals surface area contributed by atoms with Crippen molar-refractivity contribution in [2.45, 2.75) is 26.3 Å². The molecule has 1 unspecified atom stereocenters. The second-order valence-electron chi connectivity index (χ2n) is 6.65. The smallest absolute Gasteiger partial charge is 0.326 e. The molecule has 0 saturated carbocycles. The summed E-state index contributed by atoms with van der Waals surface area (Å²) in [5, 5.41) is 14.4. The van der Waals surface area contributed by atoms with Crippen LogP contribution in [0.1, 0.15) is 41.0 Å². The van der Waals surface area contributed by atoms with Gasteiger partial charge in [-0.25, -0.2) is 9.18 Å². The zero-order valence-corrected chi connectivity index (χ0v) is 16.1. The topological polar surface area (TPSA) is 95.5 Å². The van der Waals surface area contributed by atoms with Gasteiger partial charge in [-0.15, -0.1) is 0 Å².